The first-order valence-corrected chi connectivity index (χ1v) is 7.55. The monoisotopic (exact) mass is 285 g/mol. The number of hydrogen-bond acceptors (Lipinski definition) is 3. The van der Waals surface area contributed by atoms with Crippen LogP contribution >= 0.6 is 0 Å². The summed E-state index contributed by atoms with van der Waals surface area (Å²) in [5, 5.41) is 12.3. The topological polar surface area (TPSA) is 55.8 Å². The molecule has 5 nitrogen and oxygen atoms in total. The van der Waals surface area contributed by atoms with Gasteiger partial charge in [-0.15, -0.1) is 0 Å². The molecule has 0 aromatic rings. The minimum atomic E-state index is 0.0135. The number of carbonyl (C=O) groups is 1. The summed E-state index contributed by atoms with van der Waals surface area (Å²) >= 11 is 0. The molecule has 1 aliphatic heterocycles. The molecule has 2 unspecified atom stereocenters. The Bertz CT molecular complexity index is 313. The molecule has 0 aromatic carbocycles. The van der Waals surface area contributed by atoms with Gasteiger partial charge in [-0.05, 0) is 38.9 Å². The summed E-state index contributed by atoms with van der Waals surface area (Å²) in [5.41, 5.74) is 0.0434. The highest BCUT2D eigenvalue weighted by atomic mass is 16.3. The van der Waals surface area contributed by atoms with Crippen LogP contribution in [0.2, 0.25) is 0 Å². The van der Waals surface area contributed by atoms with E-state index in [1.165, 1.54) is 0 Å². The largest absolute Gasteiger partial charge is 0.396 e. The van der Waals surface area contributed by atoms with Gasteiger partial charge in [-0.3, -0.25) is 0 Å². The summed E-state index contributed by atoms with van der Waals surface area (Å²) in [6.45, 7) is 9.04. The maximum atomic E-state index is 12.3. The van der Waals surface area contributed by atoms with E-state index in [-0.39, 0.29) is 30.0 Å². The molecule has 1 fully saturated rings. The van der Waals surface area contributed by atoms with E-state index in [0.29, 0.717) is 6.54 Å². The van der Waals surface area contributed by atoms with Gasteiger partial charge in [0.2, 0.25) is 0 Å². The number of amides is 2. The number of likely N-dealkylation sites (tertiary alicyclic amines) is 1. The Balaban J connectivity index is 2.54. The summed E-state index contributed by atoms with van der Waals surface area (Å²) in [6, 6.07) is 0.171. The highest BCUT2D eigenvalue weighted by molar-refractivity contribution is 5.74. The smallest absolute Gasteiger partial charge is 0.317 e. The van der Waals surface area contributed by atoms with Crippen molar-refractivity contribution < 1.29 is 9.90 Å². The first-order valence-electron chi connectivity index (χ1n) is 7.55. The standard InChI is InChI=1S/C15H31N3O2/c1-15(2,3)13(7-8-17(4)5)16-14(20)18-9-6-12(10-18)11-19/h12-13,19H,6-11H2,1-5H3,(H,16,20). The SMILES string of the molecule is CN(C)CCC(NC(=O)N1CCC(CO)C1)C(C)(C)C. The van der Waals surface area contributed by atoms with Crippen molar-refractivity contribution in [3.8, 4) is 0 Å². The number of carbonyl (C=O) groups excluding carboxylic acids is 1. The van der Waals surface area contributed by atoms with E-state index in [0.717, 1.165) is 25.9 Å². The van der Waals surface area contributed by atoms with Gasteiger partial charge < -0.3 is 20.2 Å². The van der Waals surface area contributed by atoms with Gasteiger partial charge in [0.05, 0.1) is 0 Å². The molecule has 0 spiro atoms. The molecule has 20 heavy (non-hydrogen) atoms. The second kappa shape index (κ2) is 7.27. The van der Waals surface area contributed by atoms with E-state index in [9.17, 15) is 4.79 Å². The van der Waals surface area contributed by atoms with Crippen LogP contribution in [0.4, 0.5) is 4.79 Å². The van der Waals surface area contributed by atoms with E-state index in [2.05, 4.69) is 31.0 Å². The van der Waals surface area contributed by atoms with Gasteiger partial charge in [0.1, 0.15) is 0 Å². The maximum absolute atomic E-state index is 12.3. The van der Waals surface area contributed by atoms with Crippen molar-refractivity contribution in [3.63, 3.8) is 0 Å². The number of aliphatic hydroxyl groups excluding tert-OH is 1. The molecular weight excluding hydrogens is 254 g/mol. The van der Waals surface area contributed by atoms with Gasteiger partial charge >= 0.3 is 6.03 Å². The Hall–Kier alpha value is -0.810. The van der Waals surface area contributed by atoms with E-state index < -0.39 is 0 Å². The lowest BCUT2D eigenvalue weighted by molar-refractivity contribution is 0.176. The lowest BCUT2D eigenvalue weighted by Gasteiger charge is -2.34. The van der Waals surface area contributed by atoms with Crippen molar-refractivity contribution in [2.24, 2.45) is 11.3 Å². The minimum Gasteiger partial charge on any atom is -0.396 e. The van der Waals surface area contributed by atoms with Gasteiger partial charge in [0.15, 0.2) is 0 Å². The predicted octanol–water partition coefficient (Wildman–Crippen LogP) is 1.38. The Kier molecular flexibility index (Phi) is 6.27. The van der Waals surface area contributed by atoms with Gasteiger partial charge in [-0.25, -0.2) is 4.79 Å². The molecule has 1 heterocycles. The van der Waals surface area contributed by atoms with E-state index in [1.54, 1.807) is 0 Å². The fourth-order valence-corrected chi connectivity index (χ4v) is 2.52. The van der Waals surface area contributed by atoms with Crippen molar-refractivity contribution in [3.05, 3.63) is 0 Å². The van der Waals surface area contributed by atoms with Crippen LogP contribution in [0, 0.1) is 11.3 Å². The van der Waals surface area contributed by atoms with Crippen molar-refractivity contribution in [2.45, 2.75) is 39.7 Å². The van der Waals surface area contributed by atoms with E-state index in [1.807, 2.05) is 19.0 Å². The zero-order valence-electron chi connectivity index (χ0n) is 13.6. The predicted molar refractivity (Wildman–Crippen MR) is 81.7 cm³/mol. The Morgan fingerprint density at radius 2 is 2.10 bits per heavy atom. The normalized spacial score (nSPS) is 21.4. The van der Waals surface area contributed by atoms with Crippen LogP contribution in [0.1, 0.15) is 33.6 Å². The van der Waals surface area contributed by atoms with E-state index in [4.69, 9.17) is 5.11 Å². The van der Waals surface area contributed by atoms with Gasteiger partial charge in [0, 0.05) is 31.7 Å². The second-order valence-corrected chi connectivity index (χ2v) is 7.24. The molecule has 2 amide bonds. The van der Waals surface area contributed by atoms with Crippen molar-refractivity contribution in [1.29, 1.82) is 0 Å². The van der Waals surface area contributed by atoms with Crippen LogP contribution in [0.25, 0.3) is 0 Å². The number of rotatable bonds is 5. The van der Waals surface area contributed by atoms with Crippen LogP contribution < -0.4 is 5.32 Å². The van der Waals surface area contributed by atoms with Gasteiger partial charge in [-0.1, -0.05) is 20.8 Å². The number of urea groups is 1. The van der Waals surface area contributed by atoms with Crippen LogP contribution in [0.3, 0.4) is 0 Å². The minimum absolute atomic E-state index is 0.0135. The molecule has 0 saturated carbocycles. The lowest BCUT2D eigenvalue weighted by atomic mass is 9.84. The Morgan fingerprint density at radius 3 is 2.55 bits per heavy atom. The summed E-state index contributed by atoms with van der Waals surface area (Å²) in [7, 11) is 4.10. The first kappa shape index (κ1) is 17.2. The molecule has 1 saturated heterocycles. The average molecular weight is 285 g/mol. The third-order valence-electron chi connectivity index (χ3n) is 4.04. The number of nitrogens with one attached hydrogen (secondary N) is 1. The molecule has 0 aromatic heterocycles. The molecule has 118 valence electrons. The third kappa shape index (κ3) is 5.29. The summed E-state index contributed by atoms with van der Waals surface area (Å²) in [5.74, 6) is 0.246. The van der Waals surface area contributed by atoms with Crippen molar-refractivity contribution >= 4 is 6.03 Å². The van der Waals surface area contributed by atoms with E-state index >= 15 is 0 Å². The molecular formula is C15H31N3O2. The fraction of sp³-hybridized carbons (Fsp3) is 0.933. The Morgan fingerprint density at radius 1 is 1.45 bits per heavy atom. The molecule has 1 aliphatic rings. The molecule has 1 rings (SSSR count). The highest BCUT2D eigenvalue weighted by Gasteiger charge is 2.30. The highest BCUT2D eigenvalue weighted by Crippen LogP contribution is 2.23. The first-order chi connectivity index (χ1) is 9.24. The third-order valence-corrected chi connectivity index (χ3v) is 4.04. The van der Waals surface area contributed by atoms with Gasteiger partial charge in [0.25, 0.3) is 0 Å². The molecule has 2 N–H and O–H groups in total. The number of nitrogens with zero attached hydrogens (tertiary/aromatic N) is 2. The summed E-state index contributed by atoms with van der Waals surface area (Å²) in [4.78, 5) is 16.3. The van der Waals surface area contributed by atoms with Crippen LogP contribution in [0.15, 0.2) is 0 Å². The molecule has 0 bridgehead atoms. The molecule has 5 heteroatoms. The number of hydrogen-bond donors (Lipinski definition) is 2. The van der Waals surface area contributed by atoms with Crippen LogP contribution in [-0.2, 0) is 0 Å². The summed E-state index contributed by atoms with van der Waals surface area (Å²) < 4.78 is 0. The molecule has 0 radical (unpaired) electrons. The zero-order chi connectivity index (χ0) is 15.3. The fourth-order valence-electron chi connectivity index (χ4n) is 2.52. The molecule has 0 aliphatic carbocycles. The van der Waals surface area contributed by atoms with Crippen molar-refractivity contribution in [1.82, 2.24) is 15.1 Å². The summed E-state index contributed by atoms with van der Waals surface area (Å²) in [6.07, 6.45) is 1.85. The average Bonchev–Trinajstić information content (AvgIpc) is 2.81. The second-order valence-electron chi connectivity index (χ2n) is 7.24. The number of aliphatic hydroxyl groups is 1. The Labute approximate surface area is 123 Å². The zero-order valence-corrected chi connectivity index (χ0v) is 13.6. The maximum Gasteiger partial charge on any atom is 0.317 e. The van der Waals surface area contributed by atoms with Crippen molar-refractivity contribution in [2.75, 3.05) is 40.3 Å². The van der Waals surface area contributed by atoms with Gasteiger partial charge in [-0.2, -0.15) is 0 Å². The molecule has 2 atom stereocenters. The lowest BCUT2D eigenvalue weighted by Crippen LogP contribution is -2.50. The quantitative estimate of drug-likeness (QED) is 0.802. The van der Waals surface area contributed by atoms with Crippen LogP contribution in [0.5, 0.6) is 0 Å². The van der Waals surface area contributed by atoms with Crippen LogP contribution in [-0.4, -0.2) is 67.3 Å².